The molecule has 0 fully saturated rings. The van der Waals surface area contributed by atoms with Crippen LogP contribution in [0.4, 0.5) is 13.2 Å². The number of hydrogen-bond acceptors (Lipinski definition) is 3. The van der Waals surface area contributed by atoms with E-state index in [0.29, 0.717) is 22.5 Å². The zero-order valence-electron chi connectivity index (χ0n) is 13.6. The van der Waals surface area contributed by atoms with Crippen molar-refractivity contribution in [3.63, 3.8) is 0 Å². The molecule has 130 valence electrons. The first-order chi connectivity index (χ1) is 11.8. The predicted octanol–water partition coefficient (Wildman–Crippen LogP) is 4.73. The molecule has 0 saturated carbocycles. The van der Waals surface area contributed by atoms with Crippen molar-refractivity contribution >= 4 is 0 Å². The van der Waals surface area contributed by atoms with Gasteiger partial charge in [-0.3, -0.25) is 5.10 Å². The fraction of sp³-hybridized carbons (Fsp3) is 0.222. The van der Waals surface area contributed by atoms with E-state index in [9.17, 15) is 18.3 Å². The van der Waals surface area contributed by atoms with Crippen LogP contribution in [0.25, 0.3) is 22.5 Å². The van der Waals surface area contributed by atoms with Crippen molar-refractivity contribution in [2.75, 3.05) is 0 Å². The van der Waals surface area contributed by atoms with E-state index in [2.05, 4.69) is 15.4 Å². The van der Waals surface area contributed by atoms with Crippen LogP contribution in [0.3, 0.4) is 0 Å². The summed E-state index contributed by atoms with van der Waals surface area (Å²) in [6, 6.07) is 8.20. The topological polar surface area (TPSA) is 61.8 Å². The lowest BCUT2D eigenvalue weighted by Crippen LogP contribution is -2.04. The van der Waals surface area contributed by atoms with Crippen molar-refractivity contribution in [2.45, 2.75) is 26.4 Å². The molecule has 2 aromatic carbocycles. The van der Waals surface area contributed by atoms with Gasteiger partial charge in [0.05, 0.1) is 11.3 Å². The van der Waals surface area contributed by atoms with Crippen LogP contribution >= 0.6 is 0 Å². The smallest absolute Gasteiger partial charge is 0.416 e. The summed E-state index contributed by atoms with van der Waals surface area (Å²) in [7, 11) is 0. The third kappa shape index (κ3) is 3.22. The van der Waals surface area contributed by atoms with Crippen molar-refractivity contribution in [3.8, 4) is 28.3 Å². The normalized spacial score (nSPS) is 11.7. The molecule has 0 amide bonds. The molecule has 0 radical (unpaired) electrons. The molecular formula is C18H16F3N3O. The highest BCUT2D eigenvalue weighted by Gasteiger charge is 2.30. The van der Waals surface area contributed by atoms with Crippen molar-refractivity contribution in [1.29, 1.82) is 0 Å². The van der Waals surface area contributed by atoms with Crippen molar-refractivity contribution in [1.82, 2.24) is 15.4 Å². The molecule has 2 N–H and O–H groups in total. The molecule has 0 aliphatic rings. The average Bonchev–Trinajstić information content (AvgIpc) is 3.03. The zero-order valence-corrected chi connectivity index (χ0v) is 13.6. The van der Waals surface area contributed by atoms with Gasteiger partial charge in [-0.1, -0.05) is 24.3 Å². The van der Waals surface area contributed by atoms with Crippen molar-refractivity contribution in [2.24, 2.45) is 0 Å². The SMILES string of the molecule is CCc1cc(-c2nn[nH]c2-c2ccc(C(F)(F)F)cc2)c(O)cc1C. The molecule has 1 heterocycles. The van der Waals surface area contributed by atoms with Crippen LogP contribution in [0.15, 0.2) is 36.4 Å². The Morgan fingerprint density at radius 3 is 2.40 bits per heavy atom. The highest BCUT2D eigenvalue weighted by atomic mass is 19.4. The first-order valence-corrected chi connectivity index (χ1v) is 7.72. The van der Waals surface area contributed by atoms with Gasteiger partial charge in [-0.15, -0.1) is 5.10 Å². The van der Waals surface area contributed by atoms with E-state index in [1.165, 1.54) is 12.1 Å². The number of alkyl halides is 3. The summed E-state index contributed by atoms with van der Waals surface area (Å²) in [6.45, 7) is 3.91. The number of rotatable bonds is 3. The minimum Gasteiger partial charge on any atom is -0.507 e. The average molecular weight is 347 g/mol. The maximum atomic E-state index is 12.7. The number of H-pyrrole nitrogens is 1. The maximum Gasteiger partial charge on any atom is 0.416 e. The van der Waals surface area contributed by atoms with Crippen LogP contribution in [-0.2, 0) is 12.6 Å². The van der Waals surface area contributed by atoms with Gasteiger partial charge in [0.25, 0.3) is 0 Å². The lowest BCUT2D eigenvalue weighted by Gasteiger charge is -2.10. The summed E-state index contributed by atoms with van der Waals surface area (Å²) in [5.74, 6) is 0.0526. The van der Waals surface area contributed by atoms with E-state index in [1.807, 2.05) is 19.9 Å². The van der Waals surface area contributed by atoms with Gasteiger partial charge in [-0.25, -0.2) is 0 Å². The van der Waals surface area contributed by atoms with Crippen molar-refractivity contribution in [3.05, 3.63) is 53.1 Å². The van der Waals surface area contributed by atoms with Crippen LogP contribution in [0.5, 0.6) is 5.75 Å². The van der Waals surface area contributed by atoms with Gasteiger partial charge in [0, 0.05) is 11.1 Å². The van der Waals surface area contributed by atoms with Gasteiger partial charge < -0.3 is 5.11 Å². The zero-order chi connectivity index (χ0) is 18.2. The number of aromatic nitrogens is 3. The predicted molar refractivity (Wildman–Crippen MR) is 88.0 cm³/mol. The fourth-order valence-corrected chi connectivity index (χ4v) is 2.75. The second kappa shape index (κ2) is 6.23. The first-order valence-electron chi connectivity index (χ1n) is 7.72. The number of halogens is 3. The standard InChI is InChI=1S/C18H16F3N3O/c1-3-11-9-14(15(25)8-10(11)2)17-16(22-24-23-17)12-4-6-13(7-5-12)18(19,20)21/h4-9,25H,3H2,1-2H3,(H,22,23,24). The Hall–Kier alpha value is -2.83. The molecule has 0 spiro atoms. The molecule has 0 aliphatic carbocycles. The van der Waals surface area contributed by atoms with Gasteiger partial charge in [-0.05, 0) is 48.7 Å². The van der Waals surface area contributed by atoms with E-state index < -0.39 is 11.7 Å². The minimum absolute atomic E-state index is 0.0526. The second-order valence-corrected chi connectivity index (χ2v) is 5.76. The van der Waals surface area contributed by atoms with Crippen LogP contribution in [0.1, 0.15) is 23.6 Å². The molecule has 3 rings (SSSR count). The third-order valence-corrected chi connectivity index (χ3v) is 4.14. The highest BCUT2D eigenvalue weighted by molar-refractivity contribution is 5.81. The van der Waals surface area contributed by atoms with Gasteiger partial charge in [0.1, 0.15) is 11.4 Å². The van der Waals surface area contributed by atoms with E-state index in [-0.39, 0.29) is 5.75 Å². The lowest BCUT2D eigenvalue weighted by atomic mass is 9.97. The Balaban J connectivity index is 2.07. The Labute approximate surface area is 142 Å². The quantitative estimate of drug-likeness (QED) is 0.720. The van der Waals surface area contributed by atoms with E-state index in [4.69, 9.17) is 0 Å². The Morgan fingerprint density at radius 2 is 1.80 bits per heavy atom. The number of hydrogen-bond donors (Lipinski definition) is 2. The van der Waals surface area contributed by atoms with E-state index in [0.717, 1.165) is 29.7 Å². The monoisotopic (exact) mass is 347 g/mol. The summed E-state index contributed by atoms with van der Waals surface area (Å²) in [5, 5.41) is 20.7. The number of nitrogens with one attached hydrogen (secondary N) is 1. The molecule has 1 aromatic heterocycles. The number of aromatic amines is 1. The summed E-state index contributed by atoms with van der Waals surface area (Å²) in [6.07, 6.45) is -3.61. The Kier molecular flexibility index (Phi) is 4.24. The summed E-state index contributed by atoms with van der Waals surface area (Å²) in [4.78, 5) is 0. The summed E-state index contributed by atoms with van der Waals surface area (Å²) >= 11 is 0. The molecule has 4 nitrogen and oxygen atoms in total. The first kappa shape index (κ1) is 17.0. The number of aromatic hydroxyl groups is 1. The molecule has 0 saturated heterocycles. The van der Waals surface area contributed by atoms with Crippen LogP contribution < -0.4 is 0 Å². The molecule has 7 heteroatoms. The molecule has 0 atom stereocenters. The molecular weight excluding hydrogens is 331 g/mol. The van der Waals surface area contributed by atoms with Gasteiger partial charge >= 0.3 is 6.18 Å². The number of phenolic OH excluding ortho intramolecular Hbond substituents is 1. The number of benzene rings is 2. The third-order valence-electron chi connectivity index (χ3n) is 4.14. The van der Waals surface area contributed by atoms with Crippen LogP contribution in [0, 0.1) is 6.92 Å². The highest BCUT2D eigenvalue weighted by Crippen LogP contribution is 2.37. The molecule has 25 heavy (non-hydrogen) atoms. The molecule has 0 aliphatic heterocycles. The van der Waals surface area contributed by atoms with E-state index >= 15 is 0 Å². The Bertz CT molecular complexity index is 899. The fourth-order valence-electron chi connectivity index (χ4n) is 2.75. The summed E-state index contributed by atoms with van der Waals surface area (Å²) in [5.41, 5.74) is 3.13. The summed E-state index contributed by atoms with van der Waals surface area (Å²) < 4.78 is 38.1. The largest absolute Gasteiger partial charge is 0.507 e. The van der Waals surface area contributed by atoms with Crippen molar-refractivity contribution < 1.29 is 18.3 Å². The van der Waals surface area contributed by atoms with Gasteiger partial charge in [0.15, 0.2) is 0 Å². The number of phenols is 1. The maximum absolute atomic E-state index is 12.7. The van der Waals surface area contributed by atoms with Gasteiger partial charge in [0.2, 0.25) is 0 Å². The molecule has 0 bridgehead atoms. The molecule has 0 unspecified atom stereocenters. The Morgan fingerprint density at radius 1 is 1.12 bits per heavy atom. The molecule has 3 aromatic rings. The van der Waals surface area contributed by atoms with Crippen LogP contribution in [-0.4, -0.2) is 20.5 Å². The van der Waals surface area contributed by atoms with Gasteiger partial charge in [-0.2, -0.15) is 13.2 Å². The van der Waals surface area contributed by atoms with E-state index in [1.54, 1.807) is 6.07 Å². The second-order valence-electron chi connectivity index (χ2n) is 5.76. The minimum atomic E-state index is -4.39. The number of aryl methyl sites for hydroxylation is 2. The lowest BCUT2D eigenvalue weighted by molar-refractivity contribution is -0.137. The number of nitrogens with zero attached hydrogens (tertiary/aromatic N) is 2. The van der Waals surface area contributed by atoms with Crippen LogP contribution in [0.2, 0.25) is 0 Å².